The number of amides is 3. The molecule has 3 rings (SSSR count). The number of carbonyl (C=O) groups is 3. The summed E-state index contributed by atoms with van der Waals surface area (Å²) in [5.41, 5.74) is 9.17. The molecule has 1 atom stereocenters. The molecule has 1 aliphatic heterocycles. The number of fused-ring (bicyclic) bond motifs is 1. The Bertz CT molecular complexity index is 1080. The Labute approximate surface area is 194 Å². The standard InChI is InChI=1S/C25H32N4O4/c1-6-29(7-2)23(30)13-21-25(32)27-20-12-19(26)22(11-18(20)24(31)28-21)33-17-9-15(5)8-16(10-17)14(3)4/h8-12,14,21H,6-7,13,26H2,1-5H3,(H,27,32)(H,28,31)/t21-/m0/s1. The molecular formula is C25H32N4O4. The van der Waals surface area contributed by atoms with Crippen LogP contribution < -0.4 is 21.1 Å². The van der Waals surface area contributed by atoms with Gasteiger partial charge >= 0.3 is 0 Å². The van der Waals surface area contributed by atoms with Crippen molar-refractivity contribution in [2.24, 2.45) is 0 Å². The molecule has 0 spiro atoms. The van der Waals surface area contributed by atoms with E-state index in [-0.39, 0.29) is 29.3 Å². The monoisotopic (exact) mass is 452 g/mol. The summed E-state index contributed by atoms with van der Waals surface area (Å²) < 4.78 is 6.04. The number of benzene rings is 2. The molecule has 2 aromatic carbocycles. The van der Waals surface area contributed by atoms with Crippen molar-refractivity contribution in [1.82, 2.24) is 10.2 Å². The summed E-state index contributed by atoms with van der Waals surface area (Å²) in [5, 5.41) is 5.39. The van der Waals surface area contributed by atoms with Crippen LogP contribution in [-0.2, 0) is 9.59 Å². The number of nitrogens with zero attached hydrogens (tertiary/aromatic N) is 1. The largest absolute Gasteiger partial charge is 0.455 e. The normalized spacial score (nSPS) is 15.4. The molecule has 8 nitrogen and oxygen atoms in total. The maximum Gasteiger partial charge on any atom is 0.254 e. The van der Waals surface area contributed by atoms with Crippen LogP contribution in [0, 0.1) is 6.92 Å². The van der Waals surface area contributed by atoms with Crippen molar-refractivity contribution in [3.05, 3.63) is 47.0 Å². The van der Waals surface area contributed by atoms with Gasteiger partial charge in [-0.15, -0.1) is 0 Å². The zero-order chi connectivity index (χ0) is 24.3. The fourth-order valence-corrected chi connectivity index (χ4v) is 3.82. The molecule has 1 heterocycles. The molecule has 0 radical (unpaired) electrons. The summed E-state index contributed by atoms with van der Waals surface area (Å²) in [5.74, 6) is 0.125. The molecule has 0 unspecified atom stereocenters. The fourth-order valence-electron chi connectivity index (χ4n) is 3.82. The zero-order valence-electron chi connectivity index (χ0n) is 19.8. The summed E-state index contributed by atoms with van der Waals surface area (Å²) in [4.78, 5) is 39.8. The van der Waals surface area contributed by atoms with Crippen LogP contribution in [0.2, 0.25) is 0 Å². The highest BCUT2D eigenvalue weighted by Gasteiger charge is 2.31. The van der Waals surface area contributed by atoms with Crippen LogP contribution in [0.4, 0.5) is 11.4 Å². The van der Waals surface area contributed by atoms with Crippen molar-refractivity contribution in [3.8, 4) is 11.5 Å². The smallest absolute Gasteiger partial charge is 0.254 e. The predicted octanol–water partition coefficient (Wildman–Crippen LogP) is 3.80. The van der Waals surface area contributed by atoms with Gasteiger partial charge in [-0.2, -0.15) is 0 Å². The van der Waals surface area contributed by atoms with Crippen molar-refractivity contribution in [3.63, 3.8) is 0 Å². The molecule has 33 heavy (non-hydrogen) atoms. The Balaban J connectivity index is 1.87. The third-order valence-electron chi connectivity index (χ3n) is 5.74. The number of nitrogens with one attached hydrogen (secondary N) is 2. The lowest BCUT2D eigenvalue weighted by atomic mass is 10.0. The lowest BCUT2D eigenvalue weighted by molar-refractivity contribution is -0.133. The molecule has 0 saturated carbocycles. The summed E-state index contributed by atoms with van der Waals surface area (Å²) in [6.45, 7) is 11.0. The average Bonchev–Trinajstić information content (AvgIpc) is 2.85. The number of hydrogen-bond acceptors (Lipinski definition) is 5. The van der Waals surface area contributed by atoms with Gasteiger partial charge in [-0.25, -0.2) is 0 Å². The van der Waals surface area contributed by atoms with Crippen LogP contribution >= 0.6 is 0 Å². The van der Waals surface area contributed by atoms with Crippen molar-refractivity contribution < 1.29 is 19.1 Å². The first-order valence-corrected chi connectivity index (χ1v) is 11.2. The molecule has 1 aliphatic rings. The van der Waals surface area contributed by atoms with Crippen LogP contribution in [0.15, 0.2) is 30.3 Å². The number of nitrogen functional groups attached to an aromatic ring is 1. The van der Waals surface area contributed by atoms with E-state index in [1.807, 2.05) is 32.9 Å². The van der Waals surface area contributed by atoms with Gasteiger partial charge in [-0.1, -0.05) is 19.9 Å². The van der Waals surface area contributed by atoms with E-state index in [0.29, 0.717) is 30.5 Å². The van der Waals surface area contributed by atoms with Crippen molar-refractivity contribution in [2.45, 2.75) is 53.0 Å². The minimum Gasteiger partial charge on any atom is -0.455 e. The van der Waals surface area contributed by atoms with Gasteiger partial charge in [0.15, 0.2) is 5.75 Å². The second-order valence-electron chi connectivity index (χ2n) is 8.56. The quantitative estimate of drug-likeness (QED) is 0.553. The molecule has 176 valence electrons. The van der Waals surface area contributed by atoms with Crippen LogP contribution in [0.3, 0.4) is 0 Å². The number of carbonyl (C=O) groups excluding carboxylic acids is 3. The van der Waals surface area contributed by atoms with Gasteiger partial charge < -0.3 is 26.0 Å². The first kappa shape index (κ1) is 24.1. The minimum atomic E-state index is -0.978. The zero-order valence-corrected chi connectivity index (χ0v) is 19.8. The van der Waals surface area contributed by atoms with Gasteiger partial charge in [0.1, 0.15) is 11.8 Å². The molecule has 4 N–H and O–H groups in total. The lowest BCUT2D eigenvalue weighted by Gasteiger charge is -2.21. The molecule has 0 aliphatic carbocycles. The number of hydrogen-bond donors (Lipinski definition) is 3. The highest BCUT2D eigenvalue weighted by molar-refractivity contribution is 6.11. The molecule has 2 aromatic rings. The van der Waals surface area contributed by atoms with E-state index in [1.165, 1.54) is 12.1 Å². The maximum absolute atomic E-state index is 12.9. The molecule has 0 bridgehead atoms. The number of rotatable bonds is 7. The van der Waals surface area contributed by atoms with Gasteiger partial charge in [-0.3, -0.25) is 14.4 Å². The van der Waals surface area contributed by atoms with Crippen molar-refractivity contribution >= 4 is 29.1 Å². The fraction of sp³-hybridized carbons (Fsp3) is 0.400. The Hall–Kier alpha value is -3.55. The van der Waals surface area contributed by atoms with Crippen LogP contribution in [-0.4, -0.2) is 41.8 Å². The number of nitrogens with two attached hydrogens (primary N) is 1. The van der Waals surface area contributed by atoms with Crippen LogP contribution in [0.25, 0.3) is 0 Å². The molecule has 0 saturated heterocycles. The number of aryl methyl sites for hydroxylation is 1. The SMILES string of the molecule is CCN(CC)C(=O)C[C@@H]1NC(=O)c2cc(Oc3cc(C)cc(C(C)C)c3)c(N)cc2NC1=O. The molecule has 3 amide bonds. The second-order valence-corrected chi connectivity index (χ2v) is 8.56. The van der Waals surface area contributed by atoms with E-state index in [9.17, 15) is 14.4 Å². The minimum absolute atomic E-state index is 0.118. The second kappa shape index (κ2) is 9.94. The van der Waals surface area contributed by atoms with Crippen LogP contribution in [0.1, 0.15) is 61.5 Å². The van der Waals surface area contributed by atoms with Gasteiger partial charge in [0, 0.05) is 13.1 Å². The molecule has 8 heteroatoms. The highest BCUT2D eigenvalue weighted by atomic mass is 16.5. The van der Waals surface area contributed by atoms with Crippen LogP contribution in [0.5, 0.6) is 11.5 Å². The number of ether oxygens (including phenoxy) is 1. The van der Waals surface area contributed by atoms with Crippen molar-refractivity contribution in [2.75, 3.05) is 24.1 Å². The first-order valence-electron chi connectivity index (χ1n) is 11.2. The van der Waals surface area contributed by atoms with Gasteiger partial charge in [0.05, 0.1) is 23.4 Å². The summed E-state index contributed by atoms with van der Waals surface area (Å²) >= 11 is 0. The van der Waals surface area contributed by atoms with E-state index in [4.69, 9.17) is 10.5 Å². The molecular weight excluding hydrogens is 420 g/mol. The predicted molar refractivity (Wildman–Crippen MR) is 129 cm³/mol. The van der Waals surface area contributed by atoms with Gasteiger partial charge in [0.2, 0.25) is 11.8 Å². The van der Waals surface area contributed by atoms with Crippen molar-refractivity contribution in [1.29, 1.82) is 0 Å². The van der Waals surface area contributed by atoms with E-state index < -0.39 is 17.9 Å². The molecule has 0 aromatic heterocycles. The summed E-state index contributed by atoms with van der Waals surface area (Å²) in [7, 11) is 0. The average molecular weight is 453 g/mol. The van der Waals surface area contributed by atoms with E-state index in [0.717, 1.165) is 11.1 Å². The van der Waals surface area contributed by atoms with E-state index in [2.05, 4.69) is 30.5 Å². The van der Waals surface area contributed by atoms with Gasteiger partial charge in [0.25, 0.3) is 5.91 Å². The maximum atomic E-state index is 12.9. The Kier molecular flexibility index (Phi) is 7.26. The Morgan fingerprint density at radius 3 is 2.45 bits per heavy atom. The first-order chi connectivity index (χ1) is 15.6. The van der Waals surface area contributed by atoms with Gasteiger partial charge in [-0.05, 0) is 62.1 Å². The highest BCUT2D eigenvalue weighted by Crippen LogP contribution is 2.35. The number of anilines is 2. The lowest BCUT2D eigenvalue weighted by Crippen LogP contribution is -2.45. The summed E-state index contributed by atoms with van der Waals surface area (Å²) in [6.07, 6.45) is -0.118. The van der Waals surface area contributed by atoms with E-state index in [1.54, 1.807) is 4.90 Å². The Morgan fingerprint density at radius 1 is 1.12 bits per heavy atom. The van der Waals surface area contributed by atoms with E-state index >= 15 is 0 Å². The molecule has 0 fully saturated rings. The third-order valence-corrected chi connectivity index (χ3v) is 5.74. The third kappa shape index (κ3) is 5.45. The summed E-state index contributed by atoms with van der Waals surface area (Å²) in [6, 6.07) is 7.99. The topological polar surface area (TPSA) is 114 Å². The Morgan fingerprint density at radius 2 is 1.82 bits per heavy atom.